The highest BCUT2D eigenvalue weighted by atomic mass is 127. The van der Waals surface area contributed by atoms with Gasteiger partial charge in [-0.1, -0.05) is 41.9 Å². The number of halogens is 2. The van der Waals surface area contributed by atoms with Crippen molar-refractivity contribution in [3.63, 3.8) is 0 Å². The SMILES string of the molecule is CN=C(NCCc1cccc(Cl)c1)NCC1CCN(c2ccccc2)C1.I. The molecule has 2 aromatic rings. The van der Waals surface area contributed by atoms with E-state index in [-0.39, 0.29) is 24.0 Å². The molecule has 2 N–H and O–H groups in total. The zero-order valence-electron chi connectivity index (χ0n) is 15.7. The van der Waals surface area contributed by atoms with Crippen LogP contribution in [0, 0.1) is 5.92 Å². The summed E-state index contributed by atoms with van der Waals surface area (Å²) in [4.78, 5) is 6.79. The first kappa shape index (κ1) is 21.8. The van der Waals surface area contributed by atoms with Crippen molar-refractivity contribution in [1.82, 2.24) is 10.6 Å². The number of hydrogen-bond donors (Lipinski definition) is 2. The van der Waals surface area contributed by atoms with Crippen LogP contribution in [0.4, 0.5) is 5.69 Å². The predicted octanol–water partition coefficient (Wildman–Crippen LogP) is 4.19. The summed E-state index contributed by atoms with van der Waals surface area (Å²) in [6, 6.07) is 18.6. The quantitative estimate of drug-likeness (QED) is 0.356. The number of guanidine groups is 1. The van der Waals surface area contributed by atoms with Crippen LogP contribution in [0.1, 0.15) is 12.0 Å². The summed E-state index contributed by atoms with van der Waals surface area (Å²) in [5.74, 6) is 1.51. The summed E-state index contributed by atoms with van der Waals surface area (Å²) in [6.07, 6.45) is 2.13. The zero-order valence-corrected chi connectivity index (χ0v) is 18.8. The third-order valence-electron chi connectivity index (χ3n) is 4.78. The Hall–Kier alpha value is -1.47. The Bertz CT molecular complexity index is 723. The molecule has 1 saturated heterocycles. The van der Waals surface area contributed by atoms with Gasteiger partial charge in [-0.3, -0.25) is 4.99 Å². The molecule has 0 amide bonds. The van der Waals surface area contributed by atoms with E-state index in [0.717, 1.165) is 43.6 Å². The van der Waals surface area contributed by atoms with E-state index in [0.29, 0.717) is 5.92 Å². The van der Waals surface area contributed by atoms with Crippen LogP contribution >= 0.6 is 35.6 Å². The van der Waals surface area contributed by atoms with Crippen LogP contribution in [0.2, 0.25) is 5.02 Å². The molecule has 6 heteroatoms. The van der Waals surface area contributed by atoms with E-state index in [9.17, 15) is 0 Å². The number of aliphatic imine (C=N–C) groups is 1. The fourth-order valence-electron chi connectivity index (χ4n) is 3.35. The van der Waals surface area contributed by atoms with Crippen LogP contribution in [-0.2, 0) is 6.42 Å². The van der Waals surface area contributed by atoms with Gasteiger partial charge in [0.05, 0.1) is 0 Å². The second-order valence-corrected chi connectivity index (χ2v) is 7.13. The third-order valence-corrected chi connectivity index (χ3v) is 5.02. The molecule has 0 aromatic heterocycles. The van der Waals surface area contributed by atoms with Crippen molar-refractivity contribution in [2.24, 2.45) is 10.9 Å². The van der Waals surface area contributed by atoms with Crippen molar-refractivity contribution in [3.05, 3.63) is 65.2 Å². The summed E-state index contributed by atoms with van der Waals surface area (Å²) in [5.41, 5.74) is 2.55. The monoisotopic (exact) mass is 498 g/mol. The smallest absolute Gasteiger partial charge is 0.190 e. The molecule has 1 heterocycles. The van der Waals surface area contributed by atoms with Gasteiger partial charge in [0.1, 0.15) is 0 Å². The van der Waals surface area contributed by atoms with Gasteiger partial charge < -0.3 is 15.5 Å². The predicted molar refractivity (Wildman–Crippen MR) is 127 cm³/mol. The molecule has 0 radical (unpaired) electrons. The number of anilines is 1. The van der Waals surface area contributed by atoms with Crippen molar-refractivity contribution < 1.29 is 0 Å². The van der Waals surface area contributed by atoms with E-state index in [2.05, 4.69) is 56.9 Å². The fraction of sp³-hybridized carbons (Fsp3) is 0.381. The van der Waals surface area contributed by atoms with Gasteiger partial charge in [0.15, 0.2) is 5.96 Å². The second kappa shape index (κ2) is 11.4. The van der Waals surface area contributed by atoms with Gasteiger partial charge in [-0.15, -0.1) is 24.0 Å². The first-order valence-electron chi connectivity index (χ1n) is 9.23. The Balaban J connectivity index is 0.00000261. The molecule has 0 saturated carbocycles. The molecule has 146 valence electrons. The number of benzene rings is 2. The normalized spacial score (nSPS) is 16.7. The summed E-state index contributed by atoms with van der Waals surface area (Å²) < 4.78 is 0. The van der Waals surface area contributed by atoms with Gasteiger partial charge in [0.25, 0.3) is 0 Å². The van der Waals surface area contributed by atoms with E-state index < -0.39 is 0 Å². The molecule has 27 heavy (non-hydrogen) atoms. The molecule has 0 bridgehead atoms. The number of nitrogens with one attached hydrogen (secondary N) is 2. The Morgan fingerprint density at radius 2 is 1.96 bits per heavy atom. The van der Waals surface area contributed by atoms with Gasteiger partial charge in [-0.2, -0.15) is 0 Å². The number of rotatable bonds is 6. The van der Waals surface area contributed by atoms with E-state index in [4.69, 9.17) is 11.6 Å². The van der Waals surface area contributed by atoms with E-state index in [1.54, 1.807) is 0 Å². The topological polar surface area (TPSA) is 39.7 Å². The molecular weight excluding hydrogens is 471 g/mol. The van der Waals surface area contributed by atoms with Crippen LogP contribution in [0.15, 0.2) is 59.6 Å². The number of nitrogens with zero attached hydrogens (tertiary/aromatic N) is 2. The minimum absolute atomic E-state index is 0. The first-order chi connectivity index (χ1) is 12.7. The minimum atomic E-state index is 0. The maximum Gasteiger partial charge on any atom is 0.190 e. The Morgan fingerprint density at radius 3 is 2.70 bits per heavy atom. The van der Waals surface area contributed by atoms with Gasteiger partial charge in [-0.25, -0.2) is 0 Å². The molecule has 1 atom stereocenters. The van der Waals surface area contributed by atoms with Gasteiger partial charge in [0.2, 0.25) is 0 Å². The Morgan fingerprint density at radius 1 is 1.15 bits per heavy atom. The summed E-state index contributed by atoms with van der Waals surface area (Å²) >= 11 is 6.03. The Kier molecular flexibility index (Phi) is 9.21. The van der Waals surface area contributed by atoms with Crippen molar-refractivity contribution in [2.45, 2.75) is 12.8 Å². The fourth-order valence-corrected chi connectivity index (χ4v) is 3.56. The van der Waals surface area contributed by atoms with Gasteiger partial charge in [0, 0.05) is 43.9 Å². The molecule has 0 spiro atoms. The van der Waals surface area contributed by atoms with E-state index >= 15 is 0 Å². The van der Waals surface area contributed by atoms with Crippen LogP contribution in [0.25, 0.3) is 0 Å². The molecule has 2 aromatic carbocycles. The van der Waals surface area contributed by atoms with E-state index in [1.165, 1.54) is 17.7 Å². The molecule has 0 aliphatic carbocycles. The lowest BCUT2D eigenvalue weighted by atomic mass is 10.1. The summed E-state index contributed by atoms with van der Waals surface area (Å²) in [7, 11) is 1.82. The van der Waals surface area contributed by atoms with Crippen LogP contribution in [0.3, 0.4) is 0 Å². The summed E-state index contributed by atoms with van der Waals surface area (Å²) in [5, 5.41) is 7.64. The second-order valence-electron chi connectivity index (χ2n) is 6.70. The number of hydrogen-bond acceptors (Lipinski definition) is 2. The minimum Gasteiger partial charge on any atom is -0.371 e. The molecule has 4 nitrogen and oxygen atoms in total. The molecular formula is C21H28ClIN4. The lowest BCUT2D eigenvalue weighted by molar-refractivity contribution is 0.566. The number of para-hydroxylation sites is 1. The van der Waals surface area contributed by atoms with Crippen molar-refractivity contribution >= 4 is 47.2 Å². The van der Waals surface area contributed by atoms with E-state index in [1.807, 2.05) is 25.2 Å². The zero-order chi connectivity index (χ0) is 18.2. The van der Waals surface area contributed by atoms with Crippen LogP contribution in [0.5, 0.6) is 0 Å². The maximum absolute atomic E-state index is 6.03. The molecule has 1 unspecified atom stereocenters. The van der Waals surface area contributed by atoms with Crippen LogP contribution < -0.4 is 15.5 Å². The molecule has 1 aliphatic heterocycles. The highest BCUT2D eigenvalue weighted by molar-refractivity contribution is 14.0. The third kappa shape index (κ3) is 6.88. The van der Waals surface area contributed by atoms with Crippen molar-refractivity contribution in [1.29, 1.82) is 0 Å². The summed E-state index contributed by atoms with van der Waals surface area (Å²) in [6.45, 7) is 3.99. The van der Waals surface area contributed by atoms with Gasteiger partial charge in [-0.05, 0) is 48.6 Å². The highest BCUT2D eigenvalue weighted by Crippen LogP contribution is 2.22. The lowest BCUT2D eigenvalue weighted by Gasteiger charge is -2.19. The standard InChI is InChI=1S/C21H27ClN4.HI/c1-23-21(24-12-10-17-6-5-7-19(22)14-17)25-15-18-11-13-26(16-18)20-8-3-2-4-9-20;/h2-9,14,18H,10-13,15-16H2,1H3,(H2,23,24,25);1H. The van der Waals surface area contributed by atoms with Crippen LogP contribution in [-0.4, -0.2) is 39.2 Å². The van der Waals surface area contributed by atoms with Crippen molar-refractivity contribution in [2.75, 3.05) is 38.1 Å². The lowest BCUT2D eigenvalue weighted by Crippen LogP contribution is -2.41. The molecule has 1 fully saturated rings. The maximum atomic E-state index is 6.03. The first-order valence-corrected chi connectivity index (χ1v) is 9.61. The highest BCUT2D eigenvalue weighted by Gasteiger charge is 2.22. The Labute approximate surface area is 184 Å². The average Bonchev–Trinajstić information content (AvgIpc) is 3.14. The average molecular weight is 499 g/mol. The molecule has 1 aliphatic rings. The van der Waals surface area contributed by atoms with Gasteiger partial charge >= 0.3 is 0 Å². The largest absolute Gasteiger partial charge is 0.371 e. The van der Waals surface area contributed by atoms with Crippen molar-refractivity contribution in [3.8, 4) is 0 Å². The molecule has 3 rings (SSSR count).